The number of sulfonamides is 1. The number of para-hydroxylation sites is 1. The number of hydrogen-bond donors (Lipinski definition) is 2. The highest BCUT2D eigenvalue weighted by Gasteiger charge is 2.39. The molecule has 0 bridgehead atoms. The Labute approximate surface area is 236 Å². The van der Waals surface area contributed by atoms with E-state index in [-0.39, 0.29) is 50.4 Å². The number of aromatic nitrogens is 3. The van der Waals surface area contributed by atoms with Crippen LogP contribution in [0.3, 0.4) is 0 Å². The van der Waals surface area contributed by atoms with Crippen molar-refractivity contribution in [3.8, 4) is 11.1 Å². The third kappa shape index (κ3) is 4.20. The minimum atomic E-state index is -3.98. The van der Waals surface area contributed by atoms with Crippen molar-refractivity contribution in [2.24, 2.45) is 0 Å². The van der Waals surface area contributed by atoms with Crippen molar-refractivity contribution in [3.63, 3.8) is 0 Å². The molecule has 2 aromatic carbocycles. The average molecular weight is 591 g/mol. The van der Waals surface area contributed by atoms with Gasteiger partial charge in [-0.05, 0) is 49.2 Å². The summed E-state index contributed by atoms with van der Waals surface area (Å²) in [7, 11) is -3.98. The fraction of sp³-hybridized carbons (Fsp3) is 0.138. The third-order valence-corrected chi connectivity index (χ3v) is 9.44. The second-order valence-corrected chi connectivity index (χ2v) is 12.3. The maximum Gasteiger partial charge on any atom is 0.282 e. The van der Waals surface area contributed by atoms with Crippen molar-refractivity contribution in [2.45, 2.75) is 24.6 Å². The second kappa shape index (κ2) is 9.28. The molecule has 12 heteroatoms. The Balaban J connectivity index is 1.57. The first-order chi connectivity index (χ1) is 19.7. The van der Waals surface area contributed by atoms with Crippen LogP contribution in [0.1, 0.15) is 28.9 Å². The molecule has 1 fully saturated rings. The molecule has 9 nitrogen and oxygen atoms in total. The number of fused-ring (bicyclic) bond motifs is 4. The molecule has 0 radical (unpaired) electrons. The highest BCUT2D eigenvalue weighted by Crippen LogP contribution is 2.41. The molecule has 6 aromatic rings. The van der Waals surface area contributed by atoms with Gasteiger partial charge in [0.1, 0.15) is 22.2 Å². The lowest BCUT2D eigenvalue weighted by molar-refractivity contribution is 0.0974. The first-order valence-electron chi connectivity index (χ1n) is 12.7. The molecule has 1 saturated carbocycles. The minimum absolute atomic E-state index is 0.0808. The zero-order chi connectivity index (χ0) is 28.5. The van der Waals surface area contributed by atoms with Crippen LogP contribution >= 0.6 is 11.6 Å². The number of nitrogens with one attached hydrogen (secondary N) is 2. The molecule has 1 aliphatic carbocycles. The van der Waals surface area contributed by atoms with E-state index in [1.807, 2.05) is 18.2 Å². The summed E-state index contributed by atoms with van der Waals surface area (Å²) in [6, 6.07) is 14.9. The standard InChI is InChI=1S/C29H20ClFN4O5S/c30-27-16(12-15-4-1-2-6-21(15)33-27)14-35-22-13-20(31)18-9-11-40-26(18)24(22)23(19-5-3-10-32-28(19)36)25(35)29(37)34-41(38,39)17-7-8-17/h1-6,9-13,17H,7-8,14H2,(H,32,36)(H,34,37). The van der Waals surface area contributed by atoms with E-state index in [1.165, 1.54) is 35.2 Å². The fourth-order valence-corrected chi connectivity index (χ4v) is 6.73. The number of carbonyl (C=O) groups excluding carboxylic acids is 1. The van der Waals surface area contributed by atoms with Gasteiger partial charge < -0.3 is 14.0 Å². The minimum Gasteiger partial charge on any atom is -0.463 e. The molecule has 4 heterocycles. The van der Waals surface area contributed by atoms with E-state index in [0.29, 0.717) is 23.9 Å². The zero-order valence-corrected chi connectivity index (χ0v) is 22.7. The van der Waals surface area contributed by atoms with Crippen LogP contribution in [0.4, 0.5) is 4.39 Å². The number of H-pyrrole nitrogens is 1. The van der Waals surface area contributed by atoms with Gasteiger partial charge in [0, 0.05) is 22.7 Å². The maximum absolute atomic E-state index is 15.4. The number of halogens is 2. The number of aromatic amines is 1. The molecule has 1 aliphatic rings. The van der Waals surface area contributed by atoms with Crippen LogP contribution in [0, 0.1) is 5.82 Å². The Morgan fingerprint density at radius 1 is 1.17 bits per heavy atom. The van der Waals surface area contributed by atoms with Crippen LogP contribution in [0.2, 0.25) is 5.15 Å². The number of nitrogens with zero attached hydrogens (tertiary/aromatic N) is 2. The lowest BCUT2D eigenvalue weighted by Crippen LogP contribution is -2.35. The largest absolute Gasteiger partial charge is 0.463 e. The van der Waals surface area contributed by atoms with E-state index in [0.717, 1.165) is 5.39 Å². The van der Waals surface area contributed by atoms with Crippen LogP contribution < -0.4 is 10.3 Å². The number of rotatable bonds is 6. The summed E-state index contributed by atoms with van der Waals surface area (Å²) in [6.07, 6.45) is 3.62. The number of amides is 1. The van der Waals surface area contributed by atoms with Crippen LogP contribution in [0.15, 0.2) is 76.3 Å². The van der Waals surface area contributed by atoms with Crippen LogP contribution in [-0.2, 0) is 16.6 Å². The third-order valence-electron chi connectivity index (χ3n) is 7.30. The van der Waals surface area contributed by atoms with Crippen molar-refractivity contribution < 1.29 is 22.0 Å². The topological polar surface area (TPSA) is 127 Å². The molecule has 0 unspecified atom stereocenters. The van der Waals surface area contributed by atoms with Gasteiger partial charge in [0.25, 0.3) is 11.5 Å². The van der Waals surface area contributed by atoms with Gasteiger partial charge in [0.05, 0.1) is 45.4 Å². The van der Waals surface area contributed by atoms with E-state index in [4.69, 9.17) is 16.0 Å². The first kappa shape index (κ1) is 25.5. The average Bonchev–Trinajstić information content (AvgIpc) is 3.62. The molecule has 7 rings (SSSR count). The van der Waals surface area contributed by atoms with E-state index >= 15 is 4.39 Å². The molecule has 2 N–H and O–H groups in total. The number of furan rings is 1. The van der Waals surface area contributed by atoms with Gasteiger partial charge in [-0.2, -0.15) is 0 Å². The molecule has 0 saturated heterocycles. The van der Waals surface area contributed by atoms with E-state index in [9.17, 15) is 18.0 Å². The molecule has 0 atom stereocenters. The highest BCUT2D eigenvalue weighted by atomic mass is 35.5. The van der Waals surface area contributed by atoms with E-state index in [2.05, 4.69) is 14.7 Å². The van der Waals surface area contributed by atoms with Crippen molar-refractivity contribution in [1.82, 2.24) is 19.3 Å². The summed E-state index contributed by atoms with van der Waals surface area (Å²) >= 11 is 6.58. The summed E-state index contributed by atoms with van der Waals surface area (Å²) in [5.41, 5.74) is 0.975. The summed E-state index contributed by atoms with van der Waals surface area (Å²) < 4.78 is 50.5. The molecule has 0 aliphatic heterocycles. The highest BCUT2D eigenvalue weighted by molar-refractivity contribution is 7.91. The van der Waals surface area contributed by atoms with Crippen LogP contribution in [-0.4, -0.2) is 34.1 Å². The zero-order valence-electron chi connectivity index (χ0n) is 21.1. The van der Waals surface area contributed by atoms with Gasteiger partial charge in [-0.15, -0.1) is 0 Å². The second-order valence-electron chi connectivity index (χ2n) is 9.95. The summed E-state index contributed by atoms with van der Waals surface area (Å²) in [5.74, 6) is -1.58. The van der Waals surface area contributed by atoms with Crippen LogP contribution in [0.5, 0.6) is 0 Å². The summed E-state index contributed by atoms with van der Waals surface area (Å²) in [6.45, 7) is -0.0875. The van der Waals surface area contributed by atoms with Crippen molar-refractivity contribution >= 4 is 60.3 Å². The molecule has 4 aromatic heterocycles. The quantitative estimate of drug-likeness (QED) is 0.252. The molecule has 1 amide bonds. The Kier molecular flexibility index (Phi) is 5.77. The maximum atomic E-state index is 15.4. The number of carbonyl (C=O) groups is 1. The van der Waals surface area contributed by atoms with Gasteiger partial charge in [-0.3, -0.25) is 9.59 Å². The molecule has 206 valence electrons. The van der Waals surface area contributed by atoms with Crippen molar-refractivity contribution in [1.29, 1.82) is 0 Å². The van der Waals surface area contributed by atoms with Crippen molar-refractivity contribution in [2.75, 3.05) is 0 Å². The Morgan fingerprint density at radius 2 is 1.98 bits per heavy atom. The normalized spacial score (nSPS) is 13.8. The molecular weight excluding hydrogens is 571 g/mol. The molecular formula is C29H20ClFN4O5S. The fourth-order valence-electron chi connectivity index (χ4n) is 5.24. The lowest BCUT2D eigenvalue weighted by Gasteiger charge is -2.14. The predicted molar refractivity (Wildman–Crippen MR) is 153 cm³/mol. The lowest BCUT2D eigenvalue weighted by atomic mass is 10.0. The molecule has 41 heavy (non-hydrogen) atoms. The summed E-state index contributed by atoms with van der Waals surface area (Å²) in [5, 5.41) is 0.681. The Bertz CT molecular complexity index is 2220. The summed E-state index contributed by atoms with van der Waals surface area (Å²) in [4.78, 5) is 34.1. The number of pyridine rings is 2. The monoisotopic (exact) mass is 590 g/mol. The first-order valence-corrected chi connectivity index (χ1v) is 14.7. The van der Waals surface area contributed by atoms with Gasteiger partial charge in [0.15, 0.2) is 0 Å². The van der Waals surface area contributed by atoms with Gasteiger partial charge in [-0.1, -0.05) is 29.8 Å². The van der Waals surface area contributed by atoms with Crippen LogP contribution in [0.25, 0.3) is 43.9 Å². The number of benzene rings is 2. The van der Waals surface area contributed by atoms with Gasteiger partial charge >= 0.3 is 0 Å². The van der Waals surface area contributed by atoms with Gasteiger partial charge in [0.2, 0.25) is 10.0 Å². The van der Waals surface area contributed by atoms with E-state index in [1.54, 1.807) is 18.2 Å². The molecule has 0 spiro atoms. The predicted octanol–water partition coefficient (Wildman–Crippen LogP) is 5.35. The number of hydrogen-bond acceptors (Lipinski definition) is 6. The Hall–Kier alpha value is -4.48. The van der Waals surface area contributed by atoms with Gasteiger partial charge in [-0.25, -0.2) is 22.5 Å². The Morgan fingerprint density at radius 3 is 2.76 bits per heavy atom. The van der Waals surface area contributed by atoms with Crippen molar-refractivity contribution in [3.05, 3.63) is 99.6 Å². The smallest absolute Gasteiger partial charge is 0.282 e. The van der Waals surface area contributed by atoms with E-state index < -0.39 is 32.6 Å². The SMILES string of the molecule is O=C(NS(=O)(=O)C1CC1)c1c(-c2ccc[nH]c2=O)c2c3occc3c(F)cc2n1Cc1cc2ccccc2nc1Cl.